The van der Waals surface area contributed by atoms with Gasteiger partial charge in [-0.3, -0.25) is 19.6 Å². The fourth-order valence-electron chi connectivity index (χ4n) is 3.05. The molecule has 0 radical (unpaired) electrons. The predicted octanol–water partition coefficient (Wildman–Crippen LogP) is 6.83. The number of carbonyl (C=O) groups excluding carboxylic acids is 1. The number of rotatable bonds is 6. The summed E-state index contributed by atoms with van der Waals surface area (Å²) in [6, 6.07) is 7.30. The van der Waals surface area contributed by atoms with Crippen LogP contribution in [-0.2, 0) is 11.0 Å². The fraction of sp³-hybridized carbons (Fsp3) is 0.238. The van der Waals surface area contributed by atoms with Gasteiger partial charge in [0.15, 0.2) is 5.69 Å². The van der Waals surface area contributed by atoms with Gasteiger partial charge in [0.25, 0.3) is 5.69 Å². The number of carbonyl (C=O) groups is 1. The monoisotopic (exact) mass is 560 g/mol. The molecule has 1 unspecified atom stereocenters. The number of non-ortho nitro benzene ring substituents is 1. The maximum atomic E-state index is 13.2. The Morgan fingerprint density at radius 1 is 1.24 bits per heavy atom. The Labute approximate surface area is 204 Å². The molecule has 1 N–H and O–H groups in total. The van der Waals surface area contributed by atoms with E-state index in [4.69, 9.17) is 16.3 Å². The first-order valence-corrected chi connectivity index (χ1v) is 10.8. The number of nitro benzene ring substituents is 1. The van der Waals surface area contributed by atoms with Gasteiger partial charge in [-0.05, 0) is 60.5 Å². The number of hydrogen-bond donors (Lipinski definition) is 1. The summed E-state index contributed by atoms with van der Waals surface area (Å²) in [6.07, 6.45) is -4.71. The molecule has 1 aromatic heterocycles. The molecule has 34 heavy (non-hydrogen) atoms. The van der Waals surface area contributed by atoms with Gasteiger partial charge >= 0.3 is 6.18 Å². The molecule has 8 nitrogen and oxygen atoms in total. The molecule has 0 bridgehead atoms. The van der Waals surface area contributed by atoms with E-state index in [2.05, 4.69) is 26.3 Å². The van der Waals surface area contributed by atoms with E-state index in [-0.39, 0.29) is 27.3 Å². The van der Waals surface area contributed by atoms with Crippen LogP contribution in [0.5, 0.6) is 11.5 Å². The first-order chi connectivity index (χ1) is 15.8. The Balaban J connectivity index is 1.89. The number of ether oxygens (including phenoxy) is 1. The first-order valence-electron chi connectivity index (χ1n) is 9.64. The minimum atomic E-state index is -4.71. The summed E-state index contributed by atoms with van der Waals surface area (Å²) in [5.41, 5.74) is -0.675. The number of nitrogens with zero attached hydrogens (tertiary/aromatic N) is 3. The lowest BCUT2D eigenvalue weighted by Gasteiger charge is -2.15. The number of nitrogens with one attached hydrogen (secondary N) is 1. The second-order valence-electron chi connectivity index (χ2n) is 7.34. The highest BCUT2D eigenvalue weighted by Crippen LogP contribution is 2.37. The SMILES string of the molecule is Cc1cc(Oc2cc(NC(=O)C(C)n3nc(C(F)(F)F)c(Br)c3C)cc([N+](=O)[O-])c2)ccc1Cl. The third kappa shape index (κ3) is 5.50. The average Bonchev–Trinajstić information content (AvgIpc) is 3.05. The van der Waals surface area contributed by atoms with E-state index >= 15 is 0 Å². The fourth-order valence-corrected chi connectivity index (χ4v) is 3.65. The lowest BCUT2D eigenvalue weighted by atomic mass is 10.2. The van der Waals surface area contributed by atoms with Crippen LogP contribution < -0.4 is 10.1 Å². The normalized spacial score (nSPS) is 12.4. The van der Waals surface area contributed by atoms with E-state index in [0.29, 0.717) is 10.8 Å². The van der Waals surface area contributed by atoms with Crippen molar-refractivity contribution in [3.63, 3.8) is 0 Å². The zero-order valence-electron chi connectivity index (χ0n) is 17.9. The van der Waals surface area contributed by atoms with Gasteiger partial charge in [-0.2, -0.15) is 18.3 Å². The second kappa shape index (κ2) is 9.63. The zero-order chi connectivity index (χ0) is 25.4. The van der Waals surface area contributed by atoms with Crippen LogP contribution in [0.25, 0.3) is 0 Å². The highest BCUT2D eigenvalue weighted by molar-refractivity contribution is 9.10. The summed E-state index contributed by atoms with van der Waals surface area (Å²) < 4.78 is 45.8. The Morgan fingerprint density at radius 3 is 2.47 bits per heavy atom. The molecule has 0 aliphatic heterocycles. The molecular formula is C21H17BrClF3N4O4. The minimum Gasteiger partial charge on any atom is -0.457 e. The molecule has 3 aromatic rings. The number of alkyl halides is 3. The molecule has 2 aromatic carbocycles. The summed E-state index contributed by atoms with van der Waals surface area (Å²) in [7, 11) is 0. The highest BCUT2D eigenvalue weighted by atomic mass is 79.9. The van der Waals surface area contributed by atoms with Gasteiger partial charge in [-0.15, -0.1) is 0 Å². The van der Waals surface area contributed by atoms with E-state index in [9.17, 15) is 28.1 Å². The van der Waals surface area contributed by atoms with E-state index in [1.165, 1.54) is 26.0 Å². The topological polar surface area (TPSA) is 99.3 Å². The molecule has 1 atom stereocenters. The lowest BCUT2D eigenvalue weighted by Crippen LogP contribution is -2.25. The molecule has 0 fully saturated rings. The van der Waals surface area contributed by atoms with E-state index in [1.54, 1.807) is 25.1 Å². The minimum absolute atomic E-state index is 0.0201. The summed E-state index contributed by atoms with van der Waals surface area (Å²) in [5.74, 6) is -0.304. The van der Waals surface area contributed by atoms with Crippen molar-refractivity contribution in [1.82, 2.24) is 9.78 Å². The van der Waals surface area contributed by atoms with Crippen molar-refractivity contribution in [3.8, 4) is 11.5 Å². The highest BCUT2D eigenvalue weighted by Gasteiger charge is 2.39. The second-order valence-corrected chi connectivity index (χ2v) is 8.54. The number of amides is 1. The van der Waals surface area contributed by atoms with Crippen molar-refractivity contribution in [2.45, 2.75) is 33.0 Å². The zero-order valence-corrected chi connectivity index (χ0v) is 20.2. The van der Waals surface area contributed by atoms with Crippen molar-refractivity contribution < 1.29 is 27.6 Å². The van der Waals surface area contributed by atoms with Crippen molar-refractivity contribution in [2.24, 2.45) is 0 Å². The van der Waals surface area contributed by atoms with Crippen LogP contribution in [0.3, 0.4) is 0 Å². The quantitative estimate of drug-likeness (QED) is 0.263. The largest absolute Gasteiger partial charge is 0.457 e. The third-order valence-corrected chi connectivity index (χ3v) is 6.20. The lowest BCUT2D eigenvalue weighted by molar-refractivity contribution is -0.384. The smallest absolute Gasteiger partial charge is 0.436 e. The van der Waals surface area contributed by atoms with Gasteiger partial charge in [0, 0.05) is 17.2 Å². The standard InChI is InChI=1S/C21H17BrClF3N4O4/c1-10-6-15(4-5-17(10)23)34-16-8-13(7-14(9-16)30(32)33)27-20(31)12(3)29-11(2)18(22)19(28-29)21(24,25)26/h4-9,12H,1-3H3,(H,27,31). The third-order valence-electron chi connectivity index (χ3n) is 4.83. The Kier molecular flexibility index (Phi) is 7.22. The van der Waals surface area contributed by atoms with Gasteiger partial charge < -0.3 is 10.1 Å². The van der Waals surface area contributed by atoms with Crippen LogP contribution in [0.4, 0.5) is 24.5 Å². The van der Waals surface area contributed by atoms with Crippen molar-refractivity contribution >= 4 is 44.8 Å². The number of benzene rings is 2. The number of nitro groups is 1. The molecule has 0 aliphatic rings. The molecule has 3 rings (SSSR count). The van der Waals surface area contributed by atoms with Crippen molar-refractivity contribution in [2.75, 3.05) is 5.32 Å². The van der Waals surface area contributed by atoms with Gasteiger partial charge in [0.2, 0.25) is 5.91 Å². The van der Waals surface area contributed by atoms with E-state index in [1.807, 2.05) is 0 Å². The number of aryl methyl sites for hydroxylation is 1. The van der Waals surface area contributed by atoms with Crippen LogP contribution >= 0.6 is 27.5 Å². The Hall–Kier alpha value is -3.12. The van der Waals surface area contributed by atoms with E-state index in [0.717, 1.165) is 16.3 Å². The van der Waals surface area contributed by atoms with Crippen LogP contribution in [0.15, 0.2) is 40.9 Å². The van der Waals surface area contributed by atoms with Crippen LogP contribution in [-0.4, -0.2) is 20.6 Å². The summed E-state index contributed by atoms with van der Waals surface area (Å²) in [5, 5.41) is 17.9. The molecular weight excluding hydrogens is 545 g/mol. The van der Waals surface area contributed by atoms with Crippen LogP contribution in [0.2, 0.25) is 5.02 Å². The van der Waals surface area contributed by atoms with Gasteiger partial charge in [0.05, 0.1) is 26.8 Å². The molecule has 0 saturated carbocycles. The Morgan fingerprint density at radius 2 is 1.91 bits per heavy atom. The summed E-state index contributed by atoms with van der Waals surface area (Å²) in [4.78, 5) is 23.5. The van der Waals surface area contributed by atoms with Crippen molar-refractivity contribution in [3.05, 3.63) is 73.0 Å². The number of anilines is 1. The van der Waals surface area contributed by atoms with E-state index < -0.39 is 28.7 Å². The molecule has 0 spiro atoms. The molecule has 1 amide bonds. The maximum absolute atomic E-state index is 13.2. The van der Waals surface area contributed by atoms with Gasteiger partial charge in [-0.25, -0.2) is 0 Å². The number of halogens is 5. The summed E-state index contributed by atoms with van der Waals surface area (Å²) >= 11 is 8.86. The Bertz CT molecular complexity index is 1280. The average molecular weight is 562 g/mol. The summed E-state index contributed by atoms with van der Waals surface area (Å²) in [6.45, 7) is 4.49. The van der Waals surface area contributed by atoms with Crippen LogP contribution in [0.1, 0.15) is 29.9 Å². The van der Waals surface area contributed by atoms with Gasteiger partial charge in [0.1, 0.15) is 17.5 Å². The molecule has 0 aliphatic carbocycles. The predicted molar refractivity (Wildman–Crippen MR) is 122 cm³/mol. The maximum Gasteiger partial charge on any atom is 0.436 e. The van der Waals surface area contributed by atoms with Crippen LogP contribution in [0, 0.1) is 24.0 Å². The molecule has 13 heteroatoms. The molecule has 0 saturated heterocycles. The number of aromatic nitrogens is 2. The van der Waals surface area contributed by atoms with Crippen molar-refractivity contribution in [1.29, 1.82) is 0 Å². The van der Waals surface area contributed by atoms with Gasteiger partial charge in [-0.1, -0.05) is 11.6 Å². The molecule has 1 heterocycles. The first kappa shape index (κ1) is 25.5. The number of hydrogen-bond acceptors (Lipinski definition) is 5. The molecule has 180 valence electrons.